The van der Waals surface area contributed by atoms with Gasteiger partial charge >= 0.3 is 5.97 Å². The fourth-order valence-electron chi connectivity index (χ4n) is 10.5. The van der Waals surface area contributed by atoms with E-state index in [9.17, 15) is 19.8 Å². The molecule has 3 N–H and O–H groups in total. The molecule has 6 heteroatoms. The zero-order chi connectivity index (χ0) is 52.2. The summed E-state index contributed by atoms with van der Waals surface area (Å²) in [5.74, 6) is -0.0164. The van der Waals surface area contributed by atoms with Gasteiger partial charge in [-0.1, -0.05) is 321 Å². The fourth-order valence-corrected chi connectivity index (χ4v) is 10.5. The minimum Gasteiger partial charge on any atom is -0.466 e. The number of esters is 1. The lowest BCUT2D eigenvalue weighted by atomic mass is 10.0. The molecule has 0 aromatic rings. The maximum Gasteiger partial charge on any atom is 0.305 e. The van der Waals surface area contributed by atoms with Gasteiger partial charge in [-0.2, -0.15) is 0 Å². The molecule has 0 rings (SSSR count). The average molecular weight is 1020 g/mol. The Kier molecular flexibility index (Phi) is 60.9. The first kappa shape index (κ1) is 70.6. The van der Waals surface area contributed by atoms with Crippen LogP contribution < -0.4 is 5.32 Å². The summed E-state index contributed by atoms with van der Waals surface area (Å²) < 4.78 is 5.50. The highest BCUT2D eigenvalue weighted by atomic mass is 16.5. The molecule has 0 heterocycles. The minimum atomic E-state index is -0.663. The van der Waals surface area contributed by atoms with E-state index in [1.54, 1.807) is 0 Å². The van der Waals surface area contributed by atoms with Gasteiger partial charge in [-0.3, -0.25) is 9.59 Å². The molecule has 0 spiro atoms. The Hall–Kier alpha value is -1.40. The molecule has 2 atom stereocenters. The maximum atomic E-state index is 12.5. The third-order valence-corrected chi connectivity index (χ3v) is 15.6. The Morgan fingerprint density at radius 2 is 0.653 bits per heavy atom. The Labute approximate surface area is 450 Å². The number of nitrogens with one attached hydrogen (secondary N) is 1. The van der Waals surface area contributed by atoms with Crippen molar-refractivity contribution in [1.29, 1.82) is 0 Å². The van der Waals surface area contributed by atoms with Gasteiger partial charge in [0.25, 0.3) is 0 Å². The first-order chi connectivity index (χ1) is 35.5. The molecule has 0 aliphatic carbocycles. The molecule has 72 heavy (non-hydrogen) atoms. The van der Waals surface area contributed by atoms with Crippen molar-refractivity contribution in [3.05, 3.63) is 12.2 Å². The van der Waals surface area contributed by atoms with Crippen molar-refractivity contribution >= 4 is 11.9 Å². The molecule has 0 aliphatic rings. The van der Waals surface area contributed by atoms with E-state index in [0.29, 0.717) is 25.9 Å². The van der Waals surface area contributed by atoms with Crippen molar-refractivity contribution in [2.45, 2.75) is 386 Å². The molecular formula is C66H129NO5. The van der Waals surface area contributed by atoms with Crippen LogP contribution >= 0.6 is 0 Å². The van der Waals surface area contributed by atoms with Crippen LogP contribution in [0.3, 0.4) is 0 Å². The molecular weight excluding hydrogens is 887 g/mol. The van der Waals surface area contributed by atoms with Gasteiger partial charge in [0.2, 0.25) is 5.91 Å². The van der Waals surface area contributed by atoms with E-state index >= 15 is 0 Å². The van der Waals surface area contributed by atoms with Crippen molar-refractivity contribution in [1.82, 2.24) is 5.32 Å². The van der Waals surface area contributed by atoms with Crippen molar-refractivity contribution < 1.29 is 24.5 Å². The highest BCUT2D eigenvalue weighted by Crippen LogP contribution is 2.18. The van der Waals surface area contributed by atoms with Crippen LogP contribution in [0.15, 0.2) is 12.2 Å². The maximum absolute atomic E-state index is 12.5. The van der Waals surface area contributed by atoms with Crippen LogP contribution in [0.1, 0.15) is 373 Å². The lowest BCUT2D eigenvalue weighted by molar-refractivity contribution is -0.143. The third-order valence-electron chi connectivity index (χ3n) is 15.6. The molecule has 0 aliphatic heterocycles. The van der Waals surface area contributed by atoms with Crippen LogP contribution in [-0.2, 0) is 14.3 Å². The number of carbonyl (C=O) groups is 2. The van der Waals surface area contributed by atoms with Gasteiger partial charge in [0.1, 0.15) is 0 Å². The van der Waals surface area contributed by atoms with Crippen LogP contribution in [0.4, 0.5) is 0 Å². The van der Waals surface area contributed by atoms with Crippen molar-refractivity contribution in [2.24, 2.45) is 0 Å². The summed E-state index contributed by atoms with van der Waals surface area (Å²) in [5, 5.41) is 23.2. The van der Waals surface area contributed by atoms with Crippen LogP contribution in [0, 0.1) is 0 Å². The van der Waals surface area contributed by atoms with Crippen LogP contribution in [-0.4, -0.2) is 47.4 Å². The van der Waals surface area contributed by atoms with Gasteiger partial charge in [0.15, 0.2) is 0 Å². The molecule has 0 saturated carbocycles. The third kappa shape index (κ3) is 57.9. The van der Waals surface area contributed by atoms with Crippen LogP contribution in [0.2, 0.25) is 0 Å². The first-order valence-corrected chi connectivity index (χ1v) is 32.9. The number of aliphatic hydroxyl groups is 2. The molecule has 0 radical (unpaired) electrons. The average Bonchev–Trinajstić information content (AvgIpc) is 3.38. The van der Waals surface area contributed by atoms with Gasteiger partial charge in [-0.25, -0.2) is 0 Å². The topological polar surface area (TPSA) is 95.9 Å². The summed E-state index contributed by atoms with van der Waals surface area (Å²) in [4.78, 5) is 24.6. The largest absolute Gasteiger partial charge is 0.466 e. The standard InChI is InChI=1S/C66H129NO5/c1-3-5-7-9-11-13-15-17-18-29-33-36-40-44-48-52-56-60-66(71)72-61-57-53-49-45-41-37-34-31-28-26-24-22-20-19-21-23-25-27-30-32-35-39-43-47-51-55-59-65(70)67-63(62-68)64(69)58-54-50-46-42-38-16-14-12-10-8-6-4-2/h19,21,63-64,68-69H,3-18,20,22-62H2,1-2H3,(H,67,70)/b21-19-. The molecule has 0 aromatic carbocycles. The molecule has 1 amide bonds. The number of aliphatic hydroxyl groups excluding tert-OH is 2. The second-order valence-electron chi connectivity index (χ2n) is 22.8. The lowest BCUT2D eigenvalue weighted by Gasteiger charge is -2.22. The first-order valence-electron chi connectivity index (χ1n) is 32.9. The SMILES string of the molecule is CCCCCCCCCCCCCCCCCCCC(=O)OCCCCCCCCCCCCCC/C=C\CCCCCCCCCCCCC(=O)NC(CO)C(O)CCCCCCCCCCCCCC. The molecule has 0 saturated heterocycles. The quantitative estimate of drug-likeness (QED) is 0.0320. The normalized spacial score (nSPS) is 12.6. The van der Waals surface area contributed by atoms with Crippen LogP contribution in [0.25, 0.3) is 0 Å². The number of rotatable bonds is 62. The molecule has 2 unspecified atom stereocenters. The number of carbonyl (C=O) groups excluding carboxylic acids is 2. The zero-order valence-corrected chi connectivity index (χ0v) is 48.9. The fraction of sp³-hybridized carbons (Fsp3) is 0.939. The van der Waals surface area contributed by atoms with E-state index in [4.69, 9.17) is 4.74 Å². The van der Waals surface area contributed by atoms with E-state index in [1.165, 1.54) is 302 Å². The summed E-state index contributed by atoms with van der Waals surface area (Å²) in [5.41, 5.74) is 0. The Bertz CT molecular complexity index is 1080. The van der Waals surface area contributed by atoms with Gasteiger partial charge in [0, 0.05) is 12.8 Å². The number of hydrogen-bond acceptors (Lipinski definition) is 5. The van der Waals surface area contributed by atoms with Crippen molar-refractivity contribution in [2.75, 3.05) is 13.2 Å². The summed E-state index contributed by atoms with van der Waals surface area (Å²) in [6.07, 6.45) is 75.3. The van der Waals surface area contributed by atoms with E-state index in [0.717, 1.165) is 38.5 Å². The summed E-state index contributed by atoms with van der Waals surface area (Å²) >= 11 is 0. The summed E-state index contributed by atoms with van der Waals surface area (Å²) in [7, 11) is 0. The zero-order valence-electron chi connectivity index (χ0n) is 48.9. The van der Waals surface area contributed by atoms with Crippen molar-refractivity contribution in [3.63, 3.8) is 0 Å². The predicted molar refractivity (Wildman–Crippen MR) is 315 cm³/mol. The van der Waals surface area contributed by atoms with E-state index < -0.39 is 12.1 Å². The number of amides is 1. The van der Waals surface area contributed by atoms with Gasteiger partial charge < -0.3 is 20.3 Å². The second-order valence-corrected chi connectivity index (χ2v) is 22.8. The number of ether oxygens (including phenoxy) is 1. The number of hydrogen-bond donors (Lipinski definition) is 3. The minimum absolute atomic E-state index is 0.0190. The molecule has 6 nitrogen and oxygen atoms in total. The monoisotopic (exact) mass is 1020 g/mol. The summed E-state index contributed by atoms with van der Waals surface area (Å²) in [6, 6.07) is -0.541. The van der Waals surface area contributed by atoms with Gasteiger partial charge in [-0.15, -0.1) is 0 Å². The Balaban J connectivity index is 3.35. The number of unbranched alkanes of at least 4 members (excludes halogenated alkanes) is 49. The summed E-state index contributed by atoms with van der Waals surface area (Å²) in [6.45, 7) is 4.98. The highest BCUT2D eigenvalue weighted by Gasteiger charge is 2.20. The second kappa shape index (κ2) is 62.1. The Morgan fingerprint density at radius 3 is 0.986 bits per heavy atom. The predicted octanol–water partition coefficient (Wildman–Crippen LogP) is 20.8. The molecule has 428 valence electrons. The molecule has 0 fully saturated rings. The molecule has 0 aromatic heterocycles. The van der Waals surface area contributed by atoms with E-state index in [1.807, 2.05) is 0 Å². The van der Waals surface area contributed by atoms with E-state index in [-0.39, 0.29) is 18.5 Å². The van der Waals surface area contributed by atoms with Gasteiger partial charge in [-0.05, 0) is 51.4 Å². The Morgan fingerprint density at radius 1 is 0.375 bits per heavy atom. The van der Waals surface area contributed by atoms with Crippen LogP contribution in [0.5, 0.6) is 0 Å². The molecule has 0 bridgehead atoms. The highest BCUT2D eigenvalue weighted by molar-refractivity contribution is 5.76. The van der Waals surface area contributed by atoms with E-state index in [2.05, 4.69) is 31.3 Å². The smallest absolute Gasteiger partial charge is 0.305 e. The number of allylic oxidation sites excluding steroid dienone is 2. The van der Waals surface area contributed by atoms with Gasteiger partial charge in [0.05, 0.1) is 25.4 Å². The lowest BCUT2D eigenvalue weighted by Crippen LogP contribution is -2.45. The van der Waals surface area contributed by atoms with Crippen molar-refractivity contribution in [3.8, 4) is 0 Å².